The van der Waals surface area contributed by atoms with E-state index in [9.17, 15) is 4.79 Å². The molecule has 0 saturated carbocycles. The maximum absolute atomic E-state index is 11.2. The first-order valence-electron chi connectivity index (χ1n) is 4.48. The summed E-state index contributed by atoms with van der Waals surface area (Å²) in [4.78, 5) is 15.0. The van der Waals surface area contributed by atoms with Gasteiger partial charge in [0.2, 0.25) is 0 Å². The highest BCUT2D eigenvalue weighted by Crippen LogP contribution is 2.15. The highest BCUT2D eigenvalue weighted by molar-refractivity contribution is 5.75. The smallest absolute Gasteiger partial charge is 0.310 e. The van der Waals surface area contributed by atoms with E-state index in [1.807, 2.05) is 6.07 Å². The van der Waals surface area contributed by atoms with Gasteiger partial charge in [-0.2, -0.15) is 5.26 Å². The van der Waals surface area contributed by atoms with Crippen LogP contribution >= 0.6 is 0 Å². The van der Waals surface area contributed by atoms with Crippen LogP contribution in [0.4, 0.5) is 5.69 Å². The van der Waals surface area contributed by atoms with Gasteiger partial charge < -0.3 is 10.5 Å². The molecular formula is C10H11N3O2. The van der Waals surface area contributed by atoms with Gasteiger partial charge in [0.1, 0.15) is 11.8 Å². The summed E-state index contributed by atoms with van der Waals surface area (Å²) in [6, 6.07) is 3.44. The van der Waals surface area contributed by atoms with Gasteiger partial charge in [0.25, 0.3) is 0 Å². The molecule has 1 aromatic rings. The predicted octanol–water partition coefficient (Wildman–Crippen LogP) is 0.641. The number of esters is 1. The fraction of sp³-hybridized carbons (Fsp3) is 0.300. The first-order chi connectivity index (χ1) is 7.19. The number of carbonyl (C=O) groups excluding carboxylic acids is 1. The Hall–Kier alpha value is -2.09. The predicted molar refractivity (Wildman–Crippen MR) is 53.7 cm³/mol. The third-order valence-corrected chi connectivity index (χ3v) is 1.82. The number of rotatable bonds is 3. The summed E-state index contributed by atoms with van der Waals surface area (Å²) >= 11 is 0. The zero-order valence-corrected chi connectivity index (χ0v) is 8.36. The number of ether oxygens (including phenoxy) is 1. The molecule has 0 aliphatic heterocycles. The lowest BCUT2D eigenvalue weighted by atomic mass is 10.1. The Bertz CT molecular complexity index is 410. The average Bonchev–Trinajstić information content (AvgIpc) is 2.21. The van der Waals surface area contributed by atoms with Crippen molar-refractivity contribution < 1.29 is 9.53 Å². The van der Waals surface area contributed by atoms with Crippen molar-refractivity contribution in [1.29, 1.82) is 5.26 Å². The van der Waals surface area contributed by atoms with Gasteiger partial charge in [-0.05, 0) is 13.0 Å². The molecule has 0 atom stereocenters. The molecule has 1 aromatic heterocycles. The molecule has 0 aliphatic rings. The molecule has 5 heteroatoms. The van der Waals surface area contributed by atoms with Crippen molar-refractivity contribution in [3.8, 4) is 6.07 Å². The second kappa shape index (κ2) is 4.96. The molecule has 0 radical (unpaired) electrons. The molecule has 0 aromatic carbocycles. The molecule has 78 valence electrons. The van der Waals surface area contributed by atoms with E-state index < -0.39 is 5.97 Å². The lowest BCUT2D eigenvalue weighted by Crippen LogP contribution is -2.11. The van der Waals surface area contributed by atoms with Crippen LogP contribution in [0.2, 0.25) is 0 Å². The summed E-state index contributed by atoms with van der Waals surface area (Å²) in [6.45, 7) is 2.02. The lowest BCUT2D eigenvalue weighted by molar-refractivity contribution is -0.142. The van der Waals surface area contributed by atoms with Gasteiger partial charge in [-0.25, -0.2) is 4.98 Å². The quantitative estimate of drug-likeness (QED) is 0.731. The van der Waals surface area contributed by atoms with Crippen LogP contribution in [0, 0.1) is 11.3 Å². The molecule has 0 aliphatic carbocycles. The molecule has 15 heavy (non-hydrogen) atoms. The molecular weight excluding hydrogens is 194 g/mol. The first-order valence-corrected chi connectivity index (χ1v) is 4.48. The maximum atomic E-state index is 11.2. The zero-order chi connectivity index (χ0) is 11.3. The molecule has 0 fully saturated rings. The van der Waals surface area contributed by atoms with E-state index >= 15 is 0 Å². The lowest BCUT2D eigenvalue weighted by Gasteiger charge is -2.05. The van der Waals surface area contributed by atoms with Crippen LogP contribution < -0.4 is 5.73 Å². The van der Waals surface area contributed by atoms with E-state index in [0.29, 0.717) is 17.9 Å². The molecule has 0 bridgehead atoms. The van der Waals surface area contributed by atoms with Gasteiger partial charge >= 0.3 is 5.97 Å². The van der Waals surface area contributed by atoms with Crippen molar-refractivity contribution in [2.45, 2.75) is 13.3 Å². The van der Waals surface area contributed by atoms with Crippen LogP contribution in [0.5, 0.6) is 0 Å². The Kier molecular flexibility index (Phi) is 3.63. The molecule has 1 heterocycles. The molecule has 0 spiro atoms. The third-order valence-electron chi connectivity index (χ3n) is 1.82. The highest BCUT2D eigenvalue weighted by atomic mass is 16.5. The van der Waals surface area contributed by atoms with Crippen molar-refractivity contribution in [2.75, 3.05) is 12.3 Å². The Morgan fingerprint density at radius 2 is 2.47 bits per heavy atom. The topological polar surface area (TPSA) is 89.0 Å². The standard InChI is InChI=1S/C10H11N3O2/c1-2-15-10(14)5-7-8(12)3-4-13-9(7)6-11/h3-4H,2,5H2,1H3,(H2,12,13). The third kappa shape index (κ3) is 2.68. The number of nitrogen functional groups attached to an aromatic ring is 1. The van der Waals surface area contributed by atoms with E-state index in [0.717, 1.165) is 0 Å². The molecule has 5 nitrogen and oxygen atoms in total. The maximum Gasteiger partial charge on any atom is 0.310 e. The minimum atomic E-state index is -0.409. The normalized spacial score (nSPS) is 9.33. The van der Waals surface area contributed by atoms with E-state index in [2.05, 4.69) is 4.98 Å². The Morgan fingerprint density at radius 1 is 1.73 bits per heavy atom. The van der Waals surface area contributed by atoms with Crippen LogP contribution in [-0.2, 0) is 16.0 Å². The number of pyridine rings is 1. The van der Waals surface area contributed by atoms with E-state index in [4.69, 9.17) is 15.7 Å². The summed E-state index contributed by atoms with van der Waals surface area (Å²) in [5.74, 6) is -0.409. The summed E-state index contributed by atoms with van der Waals surface area (Å²) in [7, 11) is 0. The van der Waals surface area contributed by atoms with Crippen molar-refractivity contribution in [2.24, 2.45) is 0 Å². The van der Waals surface area contributed by atoms with Gasteiger partial charge in [0, 0.05) is 17.4 Å². The van der Waals surface area contributed by atoms with Crippen molar-refractivity contribution in [3.63, 3.8) is 0 Å². The second-order valence-electron chi connectivity index (χ2n) is 2.82. The van der Waals surface area contributed by atoms with E-state index in [-0.39, 0.29) is 12.1 Å². The Labute approximate surface area is 87.5 Å². The fourth-order valence-corrected chi connectivity index (χ4v) is 1.15. The van der Waals surface area contributed by atoms with Crippen molar-refractivity contribution in [3.05, 3.63) is 23.5 Å². The van der Waals surface area contributed by atoms with Crippen molar-refractivity contribution in [1.82, 2.24) is 4.98 Å². The molecule has 1 rings (SSSR count). The SMILES string of the molecule is CCOC(=O)Cc1c(N)ccnc1C#N. The summed E-state index contributed by atoms with van der Waals surface area (Å²) < 4.78 is 4.77. The zero-order valence-electron chi connectivity index (χ0n) is 8.36. The molecule has 2 N–H and O–H groups in total. The summed E-state index contributed by atoms with van der Waals surface area (Å²) in [5.41, 5.74) is 6.63. The Balaban J connectivity index is 2.94. The minimum Gasteiger partial charge on any atom is -0.466 e. The number of nitrogens with two attached hydrogens (primary N) is 1. The van der Waals surface area contributed by atoms with Crippen LogP contribution in [-0.4, -0.2) is 17.6 Å². The number of nitrogens with zero attached hydrogens (tertiary/aromatic N) is 2. The van der Waals surface area contributed by atoms with Gasteiger partial charge in [-0.15, -0.1) is 0 Å². The number of aromatic nitrogens is 1. The number of hydrogen-bond acceptors (Lipinski definition) is 5. The number of nitriles is 1. The molecule has 0 amide bonds. The number of hydrogen-bond donors (Lipinski definition) is 1. The summed E-state index contributed by atoms with van der Waals surface area (Å²) in [5, 5.41) is 8.77. The minimum absolute atomic E-state index is 0.0175. The summed E-state index contributed by atoms with van der Waals surface area (Å²) in [6.07, 6.45) is 1.42. The molecule has 0 unspecified atom stereocenters. The largest absolute Gasteiger partial charge is 0.466 e. The van der Waals surface area contributed by atoms with Crippen LogP contribution in [0.1, 0.15) is 18.2 Å². The fourth-order valence-electron chi connectivity index (χ4n) is 1.15. The van der Waals surface area contributed by atoms with Crippen LogP contribution in [0.3, 0.4) is 0 Å². The van der Waals surface area contributed by atoms with Gasteiger partial charge in [0.15, 0.2) is 0 Å². The molecule has 0 saturated heterocycles. The Morgan fingerprint density at radius 3 is 3.07 bits per heavy atom. The highest BCUT2D eigenvalue weighted by Gasteiger charge is 2.12. The van der Waals surface area contributed by atoms with Crippen LogP contribution in [0.25, 0.3) is 0 Å². The van der Waals surface area contributed by atoms with Gasteiger partial charge in [0.05, 0.1) is 13.0 Å². The van der Waals surface area contributed by atoms with Crippen molar-refractivity contribution >= 4 is 11.7 Å². The first kappa shape index (κ1) is 11.0. The second-order valence-corrected chi connectivity index (χ2v) is 2.82. The average molecular weight is 205 g/mol. The van der Waals surface area contributed by atoms with Gasteiger partial charge in [-0.3, -0.25) is 4.79 Å². The number of carbonyl (C=O) groups is 1. The van der Waals surface area contributed by atoms with Crippen LogP contribution in [0.15, 0.2) is 12.3 Å². The van der Waals surface area contributed by atoms with Gasteiger partial charge in [-0.1, -0.05) is 0 Å². The van der Waals surface area contributed by atoms with E-state index in [1.54, 1.807) is 13.0 Å². The monoisotopic (exact) mass is 205 g/mol. The number of anilines is 1. The van der Waals surface area contributed by atoms with E-state index in [1.165, 1.54) is 6.20 Å².